The molecule has 1 unspecified atom stereocenters. The van der Waals surface area contributed by atoms with E-state index in [1.807, 2.05) is 20.0 Å². The Labute approximate surface area is 103 Å². The van der Waals surface area contributed by atoms with Crippen molar-refractivity contribution in [3.05, 3.63) is 17.0 Å². The molecule has 0 aliphatic heterocycles. The molecule has 1 atom stereocenters. The molecule has 0 N–H and O–H groups in total. The van der Waals surface area contributed by atoms with Crippen LogP contribution in [0, 0.1) is 12.8 Å². The van der Waals surface area contributed by atoms with E-state index in [4.69, 9.17) is 11.6 Å². The minimum atomic E-state index is 0.318. The highest BCUT2D eigenvalue weighted by Crippen LogP contribution is 2.18. The third-order valence-electron chi connectivity index (χ3n) is 2.65. The summed E-state index contributed by atoms with van der Waals surface area (Å²) in [5, 5.41) is 0.318. The lowest BCUT2D eigenvalue weighted by atomic mass is 10.0. The maximum absolute atomic E-state index is 5.86. The van der Waals surface area contributed by atoms with Crippen LogP contribution in [0.25, 0.3) is 0 Å². The Morgan fingerprint density at radius 3 is 2.44 bits per heavy atom. The number of aryl methyl sites for hydroxylation is 1. The van der Waals surface area contributed by atoms with Gasteiger partial charge in [0.2, 0.25) is 5.28 Å². The SMILES string of the molecule is Cc1cc(N(C)C(C)CC(C)C)nc(Cl)n1. The summed E-state index contributed by atoms with van der Waals surface area (Å²) < 4.78 is 0. The second-order valence-corrected chi connectivity index (χ2v) is 5.06. The van der Waals surface area contributed by atoms with Crippen molar-refractivity contribution in [3.8, 4) is 0 Å². The van der Waals surface area contributed by atoms with Crippen molar-refractivity contribution in [2.75, 3.05) is 11.9 Å². The second kappa shape index (κ2) is 5.48. The average Bonchev–Trinajstić information content (AvgIpc) is 2.13. The minimum Gasteiger partial charge on any atom is -0.357 e. The van der Waals surface area contributed by atoms with Crippen LogP contribution in [0.1, 0.15) is 32.9 Å². The molecule has 4 heteroatoms. The molecule has 0 amide bonds. The van der Waals surface area contributed by atoms with E-state index in [0.29, 0.717) is 17.2 Å². The highest BCUT2D eigenvalue weighted by Gasteiger charge is 2.13. The van der Waals surface area contributed by atoms with E-state index in [2.05, 4.69) is 35.6 Å². The van der Waals surface area contributed by atoms with Gasteiger partial charge in [0.25, 0.3) is 0 Å². The van der Waals surface area contributed by atoms with Crippen molar-refractivity contribution < 1.29 is 0 Å². The lowest BCUT2D eigenvalue weighted by Gasteiger charge is -2.27. The smallest absolute Gasteiger partial charge is 0.224 e. The van der Waals surface area contributed by atoms with Crippen LogP contribution in [-0.4, -0.2) is 23.1 Å². The van der Waals surface area contributed by atoms with Crippen molar-refractivity contribution in [1.82, 2.24) is 9.97 Å². The van der Waals surface area contributed by atoms with Crippen molar-refractivity contribution in [2.24, 2.45) is 5.92 Å². The fourth-order valence-corrected chi connectivity index (χ4v) is 1.98. The summed E-state index contributed by atoms with van der Waals surface area (Å²) in [6.07, 6.45) is 1.14. The number of anilines is 1. The highest BCUT2D eigenvalue weighted by molar-refractivity contribution is 6.28. The number of hydrogen-bond donors (Lipinski definition) is 0. The van der Waals surface area contributed by atoms with Crippen molar-refractivity contribution >= 4 is 17.4 Å². The summed E-state index contributed by atoms with van der Waals surface area (Å²) in [7, 11) is 2.05. The van der Waals surface area contributed by atoms with Gasteiger partial charge in [0.05, 0.1) is 0 Å². The molecule has 16 heavy (non-hydrogen) atoms. The van der Waals surface area contributed by atoms with E-state index in [1.165, 1.54) is 0 Å². The van der Waals surface area contributed by atoms with Crippen molar-refractivity contribution in [1.29, 1.82) is 0 Å². The molecule has 0 saturated heterocycles. The predicted octanol–water partition coefficient (Wildman–Crippen LogP) is 3.31. The number of halogens is 1. The van der Waals surface area contributed by atoms with Crippen LogP contribution in [0.2, 0.25) is 5.28 Å². The normalized spacial score (nSPS) is 12.9. The molecule has 0 fully saturated rings. The number of rotatable bonds is 4. The van der Waals surface area contributed by atoms with E-state index in [0.717, 1.165) is 17.9 Å². The Balaban J connectivity index is 2.82. The highest BCUT2D eigenvalue weighted by atomic mass is 35.5. The fourth-order valence-electron chi connectivity index (χ4n) is 1.76. The molecule has 0 bridgehead atoms. The van der Waals surface area contributed by atoms with Crippen LogP contribution in [0.3, 0.4) is 0 Å². The topological polar surface area (TPSA) is 29.0 Å². The Kier molecular flexibility index (Phi) is 4.54. The molecule has 0 spiro atoms. The van der Waals surface area contributed by atoms with E-state index >= 15 is 0 Å². The molecule has 0 aliphatic carbocycles. The molecule has 3 nitrogen and oxygen atoms in total. The molecule has 1 aromatic heterocycles. The summed E-state index contributed by atoms with van der Waals surface area (Å²) in [6, 6.07) is 2.41. The van der Waals surface area contributed by atoms with E-state index in [9.17, 15) is 0 Å². The van der Waals surface area contributed by atoms with Gasteiger partial charge in [-0.3, -0.25) is 0 Å². The van der Waals surface area contributed by atoms with Crippen LogP contribution in [0.5, 0.6) is 0 Å². The van der Waals surface area contributed by atoms with Gasteiger partial charge < -0.3 is 4.90 Å². The van der Waals surface area contributed by atoms with Crippen molar-refractivity contribution in [2.45, 2.75) is 40.2 Å². The van der Waals surface area contributed by atoms with E-state index in [1.54, 1.807) is 0 Å². The maximum Gasteiger partial charge on any atom is 0.224 e. The van der Waals surface area contributed by atoms with E-state index in [-0.39, 0.29) is 0 Å². The van der Waals surface area contributed by atoms with Gasteiger partial charge in [-0.2, -0.15) is 0 Å². The average molecular weight is 242 g/mol. The molecule has 0 aliphatic rings. The second-order valence-electron chi connectivity index (χ2n) is 4.73. The van der Waals surface area contributed by atoms with Crippen LogP contribution in [-0.2, 0) is 0 Å². The van der Waals surface area contributed by atoms with Gasteiger partial charge >= 0.3 is 0 Å². The first-order valence-corrected chi connectivity index (χ1v) is 6.02. The number of nitrogens with zero attached hydrogens (tertiary/aromatic N) is 3. The molecule has 1 aromatic rings. The first kappa shape index (κ1) is 13.2. The van der Waals surface area contributed by atoms with Crippen LogP contribution >= 0.6 is 11.6 Å². The molecule has 1 rings (SSSR count). The van der Waals surface area contributed by atoms with Crippen LogP contribution in [0.15, 0.2) is 6.07 Å². The van der Waals surface area contributed by atoms with Gasteiger partial charge in [0.1, 0.15) is 5.82 Å². The quantitative estimate of drug-likeness (QED) is 0.758. The molecule has 0 radical (unpaired) electrons. The zero-order valence-electron chi connectivity index (χ0n) is 10.7. The van der Waals surface area contributed by atoms with E-state index < -0.39 is 0 Å². The minimum absolute atomic E-state index is 0.318. The molecule has 0 aromatic carbocycles. The fraction of sp³-hybridized carbons (Fsp3) is 0.667. The van der Waals surface area contributed by atoms with Crippen molar-refractivity contribution in [3.63, 3.8) is 0 Å². The first-order chi connectivity index (χ1) is 7.40. The Hall–Kier alpha value is -0.830. The molecular formula is C12H20ClN3. The third kappa shape index (κ3) is 3.63. The first-order valence-electron chi connectivity index (χ1n) is 5.64. The zero-order valence-corrected chi connectivity index (χ0v) is 11.4. The monoisotopic (exact) mass is 241 g/mol. The predicted molar refractivity (Wildman–Crippen MR) is 69.1 cm³/mol. The summed E-state index contributed by atoms with van der Waals surface area (Å²) >= 11 is 5.86. The Morgan fingerprint density at radius 1 is 1.31 bits per heavy atom. The lowest BCUT2D eigenvalue weighted by molar-refractivity contribution is 0.502. The van der Waals surface area contributed by atoms with Gasteiger partial charge in [0, 0.05) is 24.8 Å². The molecular weight excluding hydrogens is 222 g/mol. The van der Waals surface area contributed by atoms with Gasteiger partial charge in [-0.05, 0) is 37.8 Å². The molecule has 90 valence electrons. The van der Waals surface area contributed by atoms with Gasteiger partial charge in [-0.1, -0.05) is 13.8 Å². The van der Waals surface area contributed by atoms with Gasteiger partial charge in [0.15, 0.2) is 0 Å². The summed E-state index contributed by atoms with van der Waals surface area (Å²) in [5.74, 6) is 1.57. The zero-order chi connectivity index (χ0) is 12.3. The summed E-state index contributed by atoms with van der Waals surface area (Å²) in [4.78, 5) is 10.5. The summed E-state index contributed by atoms with van der Waals surface area (Å²) in [5.41, 5.74) is 0.901. The number of hydrogen-bond acceptors (Lipinski definition) is 3. The third-order valence-corrected chi connectivity index (χ3v) is 2.82. The van der Waals surface area contributed by atoms with Gasteiger partial charge in [-0.25, -0.2) is 9.97 Å². The van der Waals surface area contributed by atoms with Crippen LogP contribution in [0.4, 0.5) is 5.82 Å². The lowest BCUT2D eigenvalue weighted by Crippen LogP contribution is -2.30. The Morgan fingerprint density at radius 2 is 1.94 bits per heavy atom. The standard InChI is InChI=1S/C12H20ClN3/c1-8(2)6-10(4)16(5)11-7-9(3)14-12(13)15-11/h7-8,10H,6H2,1-5H3. The largest absolute Gasteiger partial charge is 0.357 e. The Bertz CT molecular complexity index is 332. The number of aromatic nitrogens is 2. The maximum atomic E-state index is 5.86. The van der Waals surface area contributed by atoms with Crippen LogP contribution < -0.4 is 4.90 Å². The van der Waals surface area contributed by atoms with Gasteiger partial charge in [-0.15, -0.1) is 0 Å². The molecule has 1 heterocycles. The molecule has 0 saturated carbocycles. The summed E-state index contributed by atoms with van der Waals surface area (Å²) in [6.45, 7) is 8.58.